The van der Waals surface area contributed by atoms with Crippen LogP contribution in [0.1, 0.15) is 37.3 Å². The van der Waals surface area contributed by atoms with Crippen molar-refractivity contribution >= 4 is 5.91 Å². The molecule has 1 unspecified atom stereocenters. The standard InChI is InChI=1S/C22H27NO4/c1-25-18-12-13-19(21(16-18)26-2)20-10-6-14-23(20)22(24)11-7-15-27-17-8-4-3-5-9-17/h3-5,8-9,12-13,16,20H,6-7,10-11,14-15H2,1-2H3. The second-order valence-corrected chi connectivity index (χ2v) is 6.62. The Hall–Kier alpha value is -2.69. The molecule has 5 nitrogen and oxygen atoms in total. The normalized spacial score (nSPS) is 16.2. The maximum atomic E-state index is 12.8. The summed E-state index contributed by atoms with van der Waals surface area (Å²) in [4.78, 5) is 14.7. The molecule has 0 aromatic heterocycles. The summed E-state index contributed by atoms with van der Waals surface area (Å²) in [7, 11) is 3.29. The number of rotatable bonds is 8. The van der Waals surface area contributed by atoms with Gasteiger partial charge in [0.1, 0.15) is 17.2 Å². The van der Waals surface area contributed by atoms with Crippen LogP contribution in [0, 0.1) is 0 Å². The van der Waals surface area contributed by atoms with E-state index in [0.29, 0.717) is 19.4 Å². The van der Waals surface area contributed by atoms with Gasteiger partial charge in [-0.1, -0.05) is 18.2 Å². The van der Waals surface area contributed by atoms with Crippen molar-refractivity contribution in [3.63, 3.8) is 0 Å². The highest BCUT2D eigenvalue weighted by atomic mass is 16.5. The molecule has 1 heterocycles. The third kappa shape index (κ3) is 4.73. The Bertz CT molecular complexity index is 747. The van der Waals surface area contributed by atoms with Gasteiger partial charge in [-0.05, 0) is 43.5 Å². The molecule has 1 amide bonds. The molecule has 1 saturated heterocycles. The summed E-state index contributed by atoms with van der Waals surface area (Å²) in [5, 5.41) is 0. The Labute approximate surface area is 160 Å². The Kier molecular flexibility index (Phi) is 6.58. The van der Waals surface area contributed by atoms with E-state index in [1.807, 2.05) is 53.4 Å². The van der Waals surface area contributed by atoms with Crippen LogP contribution in [0.15, 0.2) is 48.5 Å². The highest BCUT2D eigenvalue weighted by Crippen LogP contribution is 2.39. The number of para-hydroxylation sites is 1. The zero-order valence-electron chi connectivity index (χ0n) is 16.0. The molecule has 0 aliphatic carbocycles. The lowest BCUT2D eigenvalue weighted by atomic mass is 10.0. The van der Waals surface area contributed by atoms with Crippen LogP contribution in [0.5, 0.6) is 17.2 Å². The maximum Gasteiger partial charge on any atom is 0.223 e. The van der Waals surface area contributed by atoms with Crippen LogP contribution in [0.3, 0.4) is 0 Å². The van der Waals surface area contributed by atoms with E-state index < -0.39 is 0 Å². The highest BCUT2D eigenvalue weighted by Gasteiger charge is 2.31. The molecule has 0 radical (unpaired) electrons. The summed E-state index contributed by atoms with van der Waals surface area (Å²) in [6, 6.07) is 15.6. The maximum absolute atomic E-state index is 12.8. The minimum Gasteiger partial charge on any atom is -0.497 e. The van der Waals surface area contributed by atoms with E-state index in [9.17, 15) is 4.79 Å². The topological polar surface area (TPSA) is 48.0 Å². The van der Waals surface area contributed by atoms with Gasteiger partial charge in [0.05, 0.1) is 26.9 Å². The number of hydrogen-bond acceptors (Lipinski definition) is 4. The quantitative estimate of drug-likeness (QED) is 0.654. The van der Waals surface area contributed by atoms with Crippen molar-refractivity contribution in [3.05, 3.63) is 54.1 Å². The second-order valence-electron chi connectivity index (χ2n) is 6.62. The highest BCUT2D eigenvalue weighted by molar-refractivity contribution is 5.77. The molecule has 2 aromatic carbocycles. The molecule has 1 atom stereocenters. The Balaban J connectivity index is 1.58. The summed E-state index contributed by atoms with van der Waals surface area (Å²) in [6.07, 6.45) is 3.15. The SMILES string of the molecule is COc1ccc(C2CCCN2C(=O)CCCOc2ccccc2)c(OC)c1. The van der Waals surface area contributed by atoms with Gasteiger partial charge in [0.15, 0.2) is 0 Å². The number of amides is 1. The lowest BCUT2D eigenvalue weighted by Crippen LogP contribution is -2.30. The predicted molar refractivity (Wildman–Crippen MR) is 104 cm³/mol. The fourth-order valence-electron chi connectivity index (χ4n) is 3.56. The molecule has 144 valence electrons. The first-order valence-electron chi connectivity index (χ1n) is 9.42. The number of benzene rings is 2. The first-order chi connectivity index (χ1) is 13.2. The van der Waals surface area contributed by atoms with Crippen molar-refractivity contribution < 1.29 is 19.0 Å². The van der Waals surface area contributed by atoms with E-state index >= 15 is 0 Å². The fraction of sp³-hybridized carbons (Fsp3) is 0.409. The molecular formula is C22H27NO4. The van der Waals surface area contributed by atoms with Crippen molar-refractivity contribution in [2.45, 2.75) is 31.7 Å². The van der Waals surface area contributed by atoms with Crippen molar-refractivity contribution in [2.24, 2.45) is 0 Å². The van der Waals surface area contributed by atoms with E-state index in [4.69, 9.17) is 14.2 Å². The van der Waals surface area contributed by atoms with E-state index in [-0.39, 0.29) is 11.9 Å². The molecular weight excluding hydrogens is 342 g/mol. The average Bonchev–Trinajstić information content (AvgIpc) is 3.21. The Morgan fingerprint density at radius 2 is 1.89 bits per heavy atom. The molecule has 1 fully saturated rings. The first-order valence-corrected chi connectivity index (χ1v) is 9.42. The molecule has 3 rings (SSSR count). The van der Waals surface area contributed by atoms with Crippen LogP contribution in [0.2, 0.25) is 0 Å². The number of carbonyl (C=O) groups is 1. The zero-order valence-corrected chi connectivity index (χ0v) is 16.0. The lowest BCUT2D eigenvalue weighted by molar-refractivity contribution is -0.132. The van der Waals surface area contributed by atoms with Crippen LogP contribution in [-0.4, -0.2) is 38.2 Å². The number of methoxy groups -OCH3 is 2. The summed E-state index contributed by atoms with van der Waals surface area (Å²) in [5.41, 5.74) is 1.05. The van der Waals surface area contributed by atoms with Gasteiger partial charge in [-0.3, -0.25) is 4.79 Å². The van der Waals surface area contributed by atoms with Gasteiger partial charge < -0.3 is 19.1 Å². The summed E-state index contributed by atoms with van der Waals surface area (Å²) in [6.45, 7) is 1.33. The molecule has 0 N–H and O–H groups in total. The van der Waals surface area contributed by atoms with Gasteiger partial charge in [-0.15, -0.1) is 0 Å². The van der Waals surface area contributed by atoms with Crippen LogP contribution in [0.4, 0.5) is 0 Å². The fourth-order valence-corrected chi connectivity index (χ4v) is 3.56. The van der Waals surface area contributed by atoms with Crippen molar-refractivity contribution in [2.75, 3.05) is 27.4 Å². The first kappa shape index (κ1) is 19.1. The minimum absolute atomic E-state index is 0.0633. The zero-order chi connectivity index (χ0) is 19.1. The third-order valence-corrected chi connectivity index (χ3v) is 4.92. The van der Waals surface area contributed by atoms with Gasteiger partial charge in [0.25, 0.3) is 0 Å². The monoisotopic (exact) mass is 369 g/mol. The van der Waals surface area contributed by atoms with E-state index in [0.717, 1.165) is 42.2 Å². The van der Waals surface area contributed by atoms with Crippen molar-refractivity contribution in [3.8, 4) is 17.2 Å². The van der Waals surface area contributed by atoms with Gasteiger partial charge in [0.2, 0.25) is 5.91 Å². The largest absolute Gasteiger partial charge is 0.497 e. The van der Waals surface area contributed by atoms with Gasteiger partial charge >= 0.3 is 0 Å². The predicted octanol–water partition coefficient (Wildman–Crippen LogP) is 4.23. The Morgan fingerprint density at radius 1 is 1.07 bits per heavy atom. The molecule has 1 aliphatic rings. The van der Waals surface area contributed by atoms with E-state index in [1.165, 1.54) is 0 Å². The Morgan fingerprint density at radius 3 is 2.63 bits per heavy atom. The molecule has 2 aromatic rings. The molecule has 1 aliphatic heterocycles. The van der Waals surface area contributed by atoms with Crippen molar-refractivity contribution in [1.82, 2.24) is 4.90 Å². The number of hydrogen-bond donors (Lipinski definition) is 0. The van der Waals surface area contributed by atoms with Crippen LogP contribution in [0.25, 0.3) is 0 Å². The number of likely N-dealkylation sites (tertiary alicyclic amines) is 1. The molecule has 5 heteroatoms. The average molecular weight is 369 g/mol. The molecule has 0 spiro atoms. The van der Waals surface area contributed by atoms with Crippen LogP contribution in [-0.2, 0) is 4.79 Å². The van der Waals surface area contributed by atoms with Crippen LogP contribution < -0.4 is 14.2 Å². The minimum atomic E-state index is 0.0633. The molecule has 0 bridgehead atoms. The third-order valence-electron chi connectivity index (χ3n) is 4.92. The number of nitrogens with zero attached hydrogens (tertiary/aromatic N) is 1. The van der Waals surface area contributed by atoms with E-state index in [2.05, 4.69) is 0 Å². The van der Waals surface area contributed by atoms with Crippen molar-refractivity contribution in [1.29, 1.82) is 0 Å². The van der Waals surface area contributed by atoms with Gasteiger partial charge in [-0.2, -0.15) is 0 Å². The second kappa shape index (κ2) is 9.31. The van der Waals surface area contributed by atoms with E-state index in [1.54, 1.807) is 14.2 Å². The smallest absolute Gasteiger partial charge is 0.223 e. The number of carbonyl (C=O) groups excluding carboxylic acids is 1. The van der Waals surface area contributed by atoms with Gasteiger partial charge in [-0.25, -0.2) is 0 Å². The summed E-state index contributed by atoms with van der Waals surface area (Å²) < 4.78 is 16.5. The lowest BCUT2D eigenvalue weighted by Gasteiger charge is -2.26. The summed E-state index contributed by atoms with van der Waals surface area (Å²) in [5.74, 6) is 2.54. The van der Waals surface area contributed by atoms with Gasteiger partial charge in [0, 0.05) is 24.6 Å². The summed E-state index contributed by atoms with van der Waals surface area (Å²) >= 11 is 0. The molecule has 27 heavy (non-hydrogen) atoms. The van der Waals surface area contributed by atoms with Crippen LogP contribution >= 0.6 is 0 Å². The number of ether oxygens (including phenoxy) is 3. The molecule has 0 saturated carbocycles.